The summed E-state index contributed by atoms with van der Waals surface area (Å²) in [4.78, 5) is 42.8. The molecule has 0 spiro atoms. The lowest BCUT2D eigenvalue weighted by molar-refractivity contribution is -0.143. The number of likely N-dealkylation sites (tertiary alicyclic amines) is 2. The van der Waals surface area contributed by atoms with Crippen LogP contribution in [-0.2, 0) is 16.1 Å². The van der Waals surface area contributed by atoms with Gasteiger partial charge in [0.05, 0.1) is 11.9 Å². The van der Waals surface area contributed by atoms with E-state index in [-0.39, 0.29) is 23.6 Å². The second-order valence-electron chi connectivity index (χ2n) is 8.84. The highest BCUT2D eigenvalue weighted by atomic mass is 16.2. The van der Waals surface area contributed by atoms with Gasteiger partial charge in [0, 0.05) is 43.9 Å². The van der Waals surface area contributed by atoms with Gasteiger partial charge in [-0.05, 0) is 51.7 Å². The first kappa shape index (κ1) is 22.0. The Bertz CT molecular complexity index is 981. The zero-order valence-corrected chi connectivity index (χ0v) is 18.8. The van der Waals surface area contributed by atoms with E-state index in [1.165, 1.54) is 0 Å². The fourth-order valence-electron chi connectivity index (χ4n) is 4.78. The topological polar surface area (TPSA) is 87.5 Å². The van der Waals surface area contributed by atoms with Gasteiger partial charge in [0.1, 0.15) is 5.54 Å². The van der Waals surface area contributed by atoms with E-state index in [4.69, 9.17) is 0 Å². The first-order chi connectivity index (χ1) is 15.4. The van der Waals surface area contributed by atoms with Gasteiger partial charge >= 0.3 is 0 Å². The molecular weight excluding hydrogens is 406 g/mol. The van der Waals surface area contributed by atoms with Crippen LogP contribution in [0, 0.1) is 5.92 Å². The van der Waals surface area contributed by atoms with Crippen LogP contribution in [-0.4, -0.2) is 62.5 Å². The number of carbonyl (C=O) groups is 3. The van der Waals surface area contributed by atoms with Crippen molar-refractivity contribution in [3.8, 4) is 0 Å². The van der Waals surface area contributed by atoms with Crippen LogP contribution in [0.1, 0.15) is 49.9 Å². The molecule has 170 valence electrons. The van der Waals surface area contributed by atoms with Gasteiger partial charge in [-0.1, -0.05) is 18.2 Å². The number of benzene rings is 1. The van der Waals surface area contributed by atoms with Crippen LogP contribution < -0.4 is 5.32 Å². The minimum Gasteiger partial charge on any atom is -0.341 e. The summed E-state index contributed by atoms with van der Waals surface area (Å²) in [7, 11) is 0. The molecule has 0 aliphatic carbocycles. The largest absolute Gasteiger partial charge is 0.341 e. The number of carbonyl (C=O) groups excluding carboxylic acids is 3. The summed E-state index contributed by atoms with van der Waals surface area (Å²) in [5.74, 6) is -0.272. The summed E-state index contributed by atoms with van der Waals surface area (Å²) in [5.41, 5.74) is 0.468. The number of hydrogen-bond acceptors (Lipinski definition) is 4. The molecule has 3 amide bonds. The van der Waals surface area contributed by atoms with Crippen molar-refractivity contribution in [2.45, 2.75) is 51.6 Å². The lowest BCUT2D eigenvalue weighted by Crippen LogP contribution is -2.58. The maximum Gasteiger partial charge on any atom is 0.254 e. The Labute approximate surface area is 188 Å². The third-order valence-electron chi connectivity index (χ3n) is 6.75. The monoisotopic (exact) mass is 437 g/mol. The SMILES string of the molecule is CCn1cc(NC(=O)C2CCN(C(=O)C3(C)CCCN3C(=O)c3ccccc3)CC2)cn1. The van der Waals surface area contributed by atoms with Crippen molar-refractivity contribution in [2.75, 3.05) is 25.0 Å². The molecule has 32 heavy (non-hydrogen) atoms. The van der Waals surface area contributed by atoms with Crippen molar-refractivity contribution in [1.29, 1.82) is 0 Å². The number of nitrogens with one attached hydrogen (secondary N) is 1. The second-order valence-corrected chi connectivity index (χ2v) is 8.84. The summed E-state index contributed by atoms with van der Waals surface area (Å²) >= 11 is 0. The lowest BCUT2D eigenvalue weighted by atomic mass is 9.91. The van der Waals surface area contributed by atoms with E-state index < -0.39 is 5.54 Å². The standard InChI is InChI=1S/C24H31N5O3/c1-3-28-17-20(16-25-28)26-21(30)18-10-14-27(15-11-18)23(32)24(2)12-7-13-29(24)22(31)19-8-5-4-6-9-19/h4-6,8-9,16-18H,3,7,10-15H2,1-2H3,(H,26,30). The molecule has 2 aromatic rings. The van der Waals surface area contributed by atoms with Gasteiger partial charge in [-0.3, -0.25) is 19.1 Å². The Balaban J connectivity index is 1.37. The van der Waals surface area contributed by atoms with E-state index in [2.05, 4.69) is 10.4 Å². The molecule has 1 aromatic carbocycles. The highest BCUT2D eigenvalue weighted by Gasteiger charge is 2.48. The summed E-state index contributed by atoms with van der Waals surface area (Å²) < 4.78 is 1.77. The highest BCUT2D eigenvalue weighted by Crippen LogP contribution is 2.34. The third kappa shape index (κ3) is 4.26. The van der Waals surface area contributed by atoms with E-state index in [0.29, 0.717) is 50.1 Å². The molecule has 2 aliphatic heterocycles. The van der Waals surface area contributed by atoms with Crippen molar-refractivity contribution in [3.05, 3.63) is 48.3 Å². The summed E-state index contributed by atoms with van der Waals surface area (Å²) in [6, 6.07) is 9.14. The minimum atomic E-state index is -0.837. The lowest BCUT2D eigenvalue weighted by Gasteiger charge is -2.40. The van der Waals surface area contributed by atoms with E-state index in [9.17, 15) is 14.4 Å². The number of rotatable bonds is 5. The van der Waals surface area contributed by atoms with Gasteiger partial charge in [0.2, 0.25) is 11.8 Å². The molecule has 0 radical (unpaired) electrons. The Morgan fingerprint density at radius 1 is 1.12 bits per heavy atom. The van der Waals surface area contributed by atoms with E-state index in [0.717, 1.165) is 13.0 Å². The maximum atomic E-state index is 13.5. The van der Waals surface area contributed by atoms with Gasteiger partial charge < -0.3 is 15.1 Å². The molecular formula is C24H31N5O3. The Hall–Kier alpha value is -3.16. The van der Waals surface area contributed by atoms with E-state index in [1.807, 2.05) is 43.1 Å². The summed E-state index contributed by atoms with van der Waals surface area (Å²) in [6.45, 7) is 6.25. The number of aromatic nitrogens is 2. The summed E-state index contributed by atoms with van der Waals surface area (Å²) in [5, 5.41) is 7.11. The fraction of sp³-hybridized carbons (Fsp3) is 0.500. The van der Waals surface area contributed by atoms with Crippen LogP contribution in [0.5, 0.6) is 0 Å². The molecule has 8 nitrogen and oxygen atoms in total. The van der Waals surface area contributed by atoms with Gasteiger partial charge in [0.25, 0.3) is 5.91 Å². The molecule has 0 saturated carbocycles. The predicted molar refractivity (Wildman–Crippen MR) is 121 cm³/mol. The van der Waals surface area contributed by atoms with E-state index in [1.54, 1.807) is 27.9 Å². The van der Waals surface area contributed by atoms with Crippen LogP contribution in [0.2, 0.25) is 0 Å². The van der Waals surface area contributed by atoms with Gasteiger partial charge in [-0.25, -0.2) is 0 Å². The molecule has 2 saturated heterocycles. The van der Waals surface area contributed by atoms with Crippen LogP contribution in [0.4, 0.5) is 5.69 Å². The second kappa shape index (κ2) is 9.14. The van der Waals surface area contributed by atoms with Crippen molar-refractivity contribution in [3.63, 3.8) is 0 Å². The third-order valence-corrected chi connectivity index (χ3v) is 6.75. The average molecular weight is 438 g/mol. The number of amides is 3. The highest BCUT2D eigenvalue weighted by molar-refractivity contribution is 5.99. The molecule has 1 N–H and O–H groups in total. The quantitative estimate of drug-likeness (QED) is 0.779. The Kier molecular flexibility index (Phi) is 6.30. The molecule has 4 rings (SSSR count). The van der Waals surface area contributed by atoms with Crippen LogP contribution >= 0.6 is 0 Å². The van der Waals surface area contributed by atoms with Crippen LogP contribution in [0.3, 0.4) is 0 Å². The number of aryl methyl sites for hydroxylation is 1. The molecule has 2 aliphatic rings. The van der Waals surface area contributed by atoms with Crippen molar-refractivity contribution < 1.29 is 14.4 Å². The van der Waals surface area contributed by atoms with Crippen molar-refractivity contribution in [1.82, 2.24) is 19.6 Å². The normalized spacial score (nSPS) is 21.6. The Morgan fingerprint density at radius 3 is 2.50 bits per heavy atom. The van der Waals surface area contributed by atoms with Crippen LogP contribution in [0.25, 0.3) is 0 Å². The number of nitrogens with zero attached hydrogens (tertiary/aromatic N) is 4. The van der Waals surface area contributed by atoms with Gasteiger partial charge in [-0.15, -0.1) is 0 Å². The zero-order valence-electron chi connectivity index (χ0n) is 18.8. The predicted octanol–water partition coefficient (Wildman–Crippen LogP) is 2.78. The molecule has 1 unspecified atom stereocenters. The minimum absolute atomic E-state index is 0.0117. The maximum absolute atomic E-state index is 13.5. The zero-order chi connectivity index (χ0) is 22.7. The van der Waals surface area contributed by atoms with Gasteiger partial charge in [0.15, 0.2) is 0 Å². The first-order valence-corrected chi connectivity index (χ1v) is 11.4. The first-order valence-electron chi connectivity index (χ1n) is 11.4. The molecule has 0 bridgehead atoms. The number of piperidine rings is 1. The molecule has 8 heteroatoms. The van der Waals surface area contributed by atoms with Crippen molar-refractivity contribution >= 4 is 23.4 Å². The molecule has 1 aromatic heterocycles. The van der Waals surface area contributed by atoms with E-state index >= 15 is 0 Å². The molecule has 3 heterocycles. The number of hydrogen-bond donors (Lipinski definition) is 1. The molecule has 1 atom stereocenters. The smallest absolute Gasteiger partial charge is 0.254 e. The molecule has 2 fully saturated rings. The Morgan fingerprint density at radius 2 is 1.84 bits per heavy atom. The average Bonchev–Trinajstić information content (AvgIpc) is 3.45. The fourth-order valence-corrected chi connectivity index (χ4v) is 4.78. The van der Waals surface area contributed by atoms with Crippen molar-refractivity contribution in [2.24, 2.45) is 5.92 Å². The number of anilines is 1. The van der Waals surface area contributed by atoms with Gasteiger partial charge in [-0.2, -0.15) is 5.10 Å². The van der Waals surface area contributed by atoms with Crippen LogP contribution in [0.15, 0.2) is 42.7 Å². The summed E-state index contributed by atoms with van der Waals surface area (Å²) in [6.07, 6.45) is 6.16.